The van der Waals surface area contributed by atoms with E-state index < -0.39 is 0 Å². The second-order valence-corrected chi connectivity index (χ2v) is 22.2. The van der Waals surface area contributed by atoms with Crippen LogP contribution in [0.5, 0.6) is 23.0 Å². The molecule has 0 atom stereocenters. The summed E-state index contributed by atoms with van der Waals surface area (Å²) in [6.07, 6.45) is 0. The molecule has 0 amide bonds. The second-order valence-electron chi connectivity index (χ2n) is 22.2. The van der Waals surface area contributed by atoms with E-state index in [1.54, 1.807) is 0 Å². The van der Waals surface area contributed by atoms with Crippen LogP contribution in [0.15, 0.2) is 376 Å². The van der Waals surface area contributed by atoms with Gasteiger partial charge in [0.1, 0.15) is 5.75 Å². The molecule has 0 N–H and O–H groups in total. The quantitative estimate of drug-likeness (QED) is 0.0841. The number of benzene rings is 14. The van der Waals surface area contributed by atoms with E-state index in [4.69, 9.17) is 9.47 Å². The molecule has 0 spiro atoms. The van der Waals surface area contributed by atoms with Gasteiger partial charge in [0.05, 0.1) is 39.8 Å². The first kappa shape index (κ1) is 56.0. The van der Waals surface area contributed by atoms with E-state index >= 15 is 0 Å². The third-order valence-electron chi connectivity index (χ3n) is 16.3. The molecule has 0 fully saturated rings. The number of fused-ring (bicyclic) bond motifs is 2. The largest absolute Gasteiger partial charge is 0.453 e. The van der Waals surface area contributed by atoms with E-state index in [9.17, 15) is 0 Å². The van der Waals surface area contributed by atoms with Crippen molar-refractivity contribution in [2.24, 2.45) is 0 Å². The summed E-state index contributed by atoms with van der Waals surface area (Å²) in [6, 6.07) is 132. The van der Waals surface area contributed by atoms with Crippen molar-refractivity contribution in [3.8, 4) is 23.0 Å². The highest BCUT2D eigenvalue weighted by Gasteiger charge is 2.30. The summed E-state index contributed by atoms with van der Waals surface area (Å²) in [6.45, 7) is 0. The van der Waals surface area contributed by atoms with Crippen LogP contribution in [0.3, 0.4) is 0 Å². The maximum atomic E-state index is 7.35. The normalized spacial score (nSPS) is 11.3. The van der Waals surface area contributed by atoms with Gasteiger partial charge in [-0.05, 0) is 176 Å². The average Bonchev–Trinajstić information content (AvgIpc) is 0.922. The fraction of sp³-hybridized carbons (Fsp3) is 0. The molecule has 0 unspecified atom stereocenters. The molecule has 0 saturated carbocycles. The van der Waals surface area contributed by atoms with Crippen LogP contribution in [0, 0.1) is 0 Å². The Morgan fingerprint density at radius 2 is 0.478 bits per heavy atom. The molecule has 14 aromatic rings. The predicted octanol–water partition coefficient (Wildman–Crippen LogP) is 24.4. The highest BCUT2D eigenvalue weighted by atomic mass is 16.5. The molecule has 1 heterocycles. The predicted molar refractivity (Wildman–Crippen MR) is 381 cm³/mol. The van der Waals surface area contributed by atoms with Gasteiger partial charge in [0.25, 0.3) is 0 Å². The number of para-hydroxylation sites is 12. The van der Waals surface area contributed by atoms with Gasteiger partial charge < -0.3 is 38.9 Å². The van der Waals surface area contributed by atoms with Crippen molar-refractivity contribution in [2.75, 3.05) is 29.4 Å². The lowest BCUT2D eigenvalue weighted by Gasteiger charge is -2.34. The zero-order valence-electron chi connectivity index (χ0n) is 50.3. The van der Waals surface area contributed by atoms with Gasteiger partial charge in [-0.15, -0.1) is 0 Å². The van der Waals surface area contributed by atoms with E-state index in [1.165, 1.54) is 0 Å². The molecule has 0 aliphatic carbocycles. The summed E-state index contributed by atoms with van der Waals surface area (Å²) in [5.41, 5.74) is 17.3. The minimum atomic E-state index is 0.566. The Balaban J connectivity index is 0.930. The van der Waals surface area contributed by atoms with E-state index in [0.717, 1.165) is 108 Å². The third-order valence-corrected chi connectivity index (χ3v) is 16.3. The highest BCUT2D eigenvalue weighted by Crippen LogP contribution is 2.55. The summed E-state index contributed by atoms with van der Waals surface area (Å²) in [4.78, 5) is 13.9. The van der Waals surface area contributed by atoms with Crippen LogP contribution in [0.4, 0.5) is 102 Å². The van der Waals surface area contributed by atoms with Crippen molar-refractivity contribution in [3.63, 3.8) is 0 Å². The van der Waals surface area contributed by atoms with Gasteiger partial charge in [0.2, 0.25) is 0 Å². The van der Waals surface area contributed by atoms with Gasteiger partial charge in [-0.3, -0.25) is 0 Å². The Morgan fingerprint density at radius 3 is 0.837 bits per heavy atom. The van der Waals surface area contributed by atoms with Gasteiger partial charge in [-0.1, -0.05) is 188 Å². The number of ether oxygens (including phenoxy) is 2. The number of hydrogen-bond donors (Lipinski definition) is 0. The minimum Gasteiger partial charge on any atom is -0.453 e. The molecule has 0 saturated heterocycles. The van der Waals surface area contributed by atoms with Crippen molar-refractivity contribution in [1.82, 2.24) is 0 Å². The summed E-state index contributed by atoms with van der Waals surface area (Å²) in [5.74, 6) is 2.51. The smallest absolute Gasteiger partial charge is 0.193 e. The van der Waals surface area contributed by atoms with Crippen LogP contribution < -0.4 is 38.9 Å². The molecule has 0 bridgehead atoms. The van der Waals surface area contributed by atoms with Crippen molar-refractivity contribution in [2.45, 2.75) is 0 Å². The van der Waals surface area contributed by atoms with Crippen LogP contribution in [-0.2, 0) is 0 Å². The molecule has 0 radical (unpaired) electrons. The molecule has 92 heavy (non-hydrogen) atoms. The Morgan fingerprint density at radius 1 is 0.217 bits per heavy atom. The fourth-order valence-electron chi connectivity index (χ4n) is 12.3. The number of rotatable bonds is 18. The molecular weight excluding hydrogens is 1120 g/mol. The molecule has 0 aromatic heterocycles. The number of nitrogens with zero attached hydrogens (tertiary/aromatic N) is 6. The number of anilines is 18. The van der Waals surface area contributed by atoms with Gasteiger partial charge in [-0.2, -0.15) is 0 Å². The maximum Gasteiger partial charge on any atom is 0.193 e. The van der Waals surface area contributed by atoms with Crippen LogP contribution in [0.25, 0.3) is 0 Å². The topological polar surface area (TPSA) is 37.9 Å². The second kappa shape index (κ2) is 25.7. The molecule has 440 valence electrons. The monoisotopic (exact) mass is 1190 g/mol. The zero-order chi connectivity index (χ0) is 61.4. The third kappa shape index (κ3) is 11.5. The van der Waals surface area contributed by atoms with Crippen LogP contribution in [0.1, 0.15) is 0 Å². The van der Waals surface area contributed by atoms with E-state index in [-0.39, 0.29) is 0 Å². The number of hydrogen-bond acceptors (Lipinski definition) is 8. The SMILES string of the molecule is c1ccc(N(c2ccccc2)c2cc(Oc3cccc4c3Oc3ccccc3N4c3ccccc3)cc(N(c3ccccc3)c3cccc(N(c4ccccc4)c4cc(N(c5ccccc5)c5ccccc5)cc(N(c5ccccc5)c5ccccc5)c4)c3)c2)cc1. The van der Waals surface area contributed by atoms with E-state index in [0.29, 0.717) is 17.2 Å². The fourth-order valence-corrected chi connectivity index (χ4v) is 12.3. The first-order valence-corrected chi connectivity index (χ1v) is 30.9. The molecule has 1 aliphatic heterocycles. The first-order valence-electron chi connectivity index (χ1n) is 30.9. The van der Waals surface area contributed by atoms with Crippen LogP contribution in [0.2, 0.25) is 0 Å². The maximum absolute atomic E-state index is 7.35. The standard InChI is InChI=1S/C84H62N6O2/c1-10-32-63(33-11-1)85(64-34-12-2-13-35-64)74-57-75(86(65-36-14-3-15-37-65)66-38-16-4-17-39-66)59-76(58-74)88(69-44-22-7-23-45-69)72-50-30-51-73(56-72)89(70-46-24-8-25-47-70)78-60-77(87(67-40-18-5-19-41-67)68-42-20-6-21-43-68)61-79(62-78)91-83-55-31-53-81-84(83)92-82-54-29-28-52-80(82)90(81)71-48-26-9-27-49-71/h1-62H. The molecule has 8 heteroatoms. The lowest BCUT2D eigenvalue weighted by Crippen LogP contribution is -2.17. The van der Waals surface area contributed by atoms with Gasteiger partial charge in [0.15, 0.2) is 17.2 Å². The molecule has 14 aromatic carbocycles. The van der Waals surface area contributed by atoms with Crippen molar-refractivity contribution in [3.05, 3.63) is 376 Å². The lowest BCUT2D eigenvalue weighted by molar-refractivity contribution is 0.416. The molecule has 1 aliphatic rings. The summed E-state index contributed by atoms with van der Waals surface area (Å²) >= 11 is 0. The zero-order valence-corrected chi connectivity index (χ0v) is 50.3. The lowest BCUT2D eigenvalue weighted by atomic mass is 10.1. The van der Waals surface area contributed by atoms with Gasteiger partial charge in [-0.25, -0.2) is 0 Å². The van der Waals surface area contributed by atoms with Gasteiger partial charge in [0, 0.05) is 74.7 Å². The van der Waals surface area contributed by atoms with E-state index in [1.807, 2.05) is 36.4 Å². The van der Waals surface area contributed by atoms with Crippen molar-refractivity contribution >= 4 is 102 Å². The average molecular weight is 1190 g/mol. The molecule has 8 nitrogen and oxygen atoms in total. The first-order chi connectivity index (χ1) is 45.6. The van der Waals surface area contributed by atoms with Crippen LogP contribution >= 0.6 is 0 Å². The van der Waals surface area contributed by atoms with Crippen LogP contribution in [-0.4, -0.2) is 0 Å². The minimum absolute atomic E-state index is 0.566. The Kier molecular flexibility index (Phi) is 15.6. The Labute approximate surface area is 537 Å². The summed E-state index contributed by atoms with van der Waals surface area (Å²) < 4.78 is 14.3. The summed E-state index contributed by atoms with van der Waals surface area (Å²) in [7, 11) is 0. The Hall–Kier alpha value is -12.5. The Bertz CT molecular complexity index is 4550. The highest BCUT2D eigenvalue weighted by molar-refractivity contribution is 5.93. The molecule has 15 rings (SSSR count). The molecular formula is C84H62N6O2. The van der Waals surface area contributed by atoms with Crippen molar-refractivity contribution in [1.29, 1.82) is 0 Å². The summed E-state index contributed by atoms with van der Waals surface area (Å²) in [5, 5.41) is 0. The van der Waals surface area contributed by atoms with Crippen molar-refractivity contribution < 1.29 is 9.47 Å². The van der Waals surface area contributed by atoms with E-state index in [2.05, 4.69) is 369 Å². The van der Waals surface area contributed by atoms with Gasteiger partial charge >= 0.3 is 0 Å².